The maximum atomic E-state index is 11.0. The van der Waals surface area contributed by atoms with Crippen LogP contribution < -0.4 is 0 Å². The third kappa shape index (κ3) is 6.18. The first-order chi connectivity index (χ1) is 17.9. The smallest absolute Gasteiger partial charge is 0.137 e. The molecule has 0 aromatic carbocycles. The van der Waals surface area contributed by atoms with Gasteiger partial charge in [-0.2, -0.15) is 5.10 Å². The molecule has 0 radical (unpaired) electrons. The van der Waals surface area contributed by atoms with E-state index in [-0.39, 0.29) is 5.92 Å². The second-order valence-electron chi connectivity index (χ2n) is 13.5. The highest BCUT2D eigenvalue weighted by Crippen LogP contribution is 2.60. The highest BCUT2D eigenvalue weighted by Gasteiger charge is 2.50. The molecule has 3 aliphatic carbocycles. The van der Waals surface area contributed by atoms with Crippen molar-refractivity contribution in [3.05, 3.63) is 48.1 Å². The van der Waals surface area contributed by atoms with Crippen LogP contribution in [0.3, 0.4) is 0 Å². The molecule has 4 rings (SSSR count). The van der Waals surface area contributed by atoms with Gasteiger partial charge in [-0.3, -0.25) is 4.68 Å². The highest BCUT2D eigenvalue weighted by atomic mass is 16.3. The lowest BCUT2D eigenvalue weighted by molar-refractivity contribution is 0.0115. The fraction of sp³-hybridized carbons (Fsp3) is 0.750. The van der Waals surface area contributed by atoms with Crippen LogP contribution in [0, 0.1) is 35.0 Å². The lowest BCUT2D eigenvalue weighted by atomic mass is 9.60. The molecule has 1 heterocycles. The third-order valence-corrected chi connectivity index (χ3v) is 10.7. The number of aryl methyl sites for hydroxylation is 1. The standard InChI is InChI=1S/C32H51N3O3/c1-21(9-10-22(2)31(4,5)38)27-13-14-28-24(8-7-16-32(27,28)6)11-12-25-18-29(36)26(30(37)23(25)3)15-17-35-20-33-19-34-35/h11-12,19-22,26-30,36-38H,3,7-10,13-18H2,1-2,4-6H3/b24-11-,25-12-/t21-,22+,26+,27-,28+,29-,30-,32-/m1/s1. The molecule has 3 fully saturated rings. The van der Waals surface area contributed by atoms with Crippen molar-refractivity contribution in [3.63, 3.8) is 0 Å². The van der Waals surface area contributed by atoms with Gasteiger partial charge in [-0.15, -0.1) is 0 Å². The fourth-order valence-electron chi connectivity index (χ4n) is 7.81. The lowest BCUT2D eigenvalue weighted by Gasteiger charge is -2.44. The Morgan fingerprint density at radius 2 is 1.97 bits per heavy atom. The number of aromatic nitrogens is 3. The van der Waals surface area contributed by atoms with Crippen molar-refractivity contribution >= 4 is 0 Å². The molecule has 0 spiro atoms. The highest BCUT2D eigenvalue weighted by molar-refractivity contribution is 5.39. The average Bonchev–Trinajstić information content (AvgIpc) is 3.50. The molecule has 212 valence electrons. The zero-order valence-corrected chi connectivity index (χ0v) is 24.3. The number of hydrogen-bond acceptors (Lipinski definition) is 5. The van der Waals surface area contributed by atoms with Crippen LogP contribution in [0.25, 0.3) is 0 Å². The van der Waals surface area contributed by atoms with Crippen molar-refractivity contribution in [2.24, 2.45) is 35.0 Å². The molecule has 38 heavy (non-hydrogen) atoms. The minimum Gasteiger partial charge on any atom is -0.392 e. The molecule has 6 nitrogen and oxygen atoms in total. The number of allylic oxidation sites excluding steroid dienone is 3. The molecule has 6 heteroatoms. The van der Waals surface area contributed by atoms with E-state index >= 15 is 0 Å². The molecule has 3 N–H and O–H groups in total. The Labute approximate surface area is 230 Å². The summed E-state index contributed by atoms with van der Waals surface area (Å²) in [4.78, 5) is 3.97. The number of aliphatic hydroxyl groups is 3. The Bertz CT molecular complexity index is 1010. The van der Waals surface area contributed by atoms with Crippen molar-refractivity contribution in [1.29, 1.82) is 0 Å². The molecule has 0 saturated heterocycles. The zero-order valence-electron chi connectivity index (χ0n) is 24.3. The van der Waals surface area contributed by atoms with Gasteiger partial charge in [-0.25, -0.2) is 4.98 Å². The van der Waals surface area contributed by atoms with Crippen LogP contribution >= 0.6 is 0 Å². The van der Waals surface area contributed by atoms with E-state index < -0.39 is 17.8 Å². The van der Waals surface area contributed by atoms with E-state index in [4.69, 9.17) is 0 Å². The van der Waals surface area contributed by atoms with E-state index in [0.717, 1.165) is 29.9 Å². The summed E-state index contributed by atoms with van der Waals surface area (Å²) in [7, 11) is 0. The number of hydrogen-bond donors (Lipinski definition) is 3. The van der Waals surface area contributed by atoms with Gasteiger partial charge in [0.1, 0.15) is 12.7 Å². The van der Waals surface area contributed by atoms with Gasteiger partial charge >= 0.3 is 0 Å². The summed E-state index contributed by atoms with van der Waals surface area (Å²) in [5.41, 5.74) is 2.97. The number of rotatable bonds is 9. The zero-order chi connectivity index (χ0) is 27.7. The molecule has 1 aromatic rings. The van der Waals surface area contributed by atoms with E-state index in [2.05, 4.69) is 49.6 Å². The van der Waals surface area contributed by atoms with Crippen LogP contribution in [-0.4, -0.2) is 47.9 Å². The van der Waals surface area contributed by atoms with Gasteiger partial charge in [0.15, 0.2) is 0 Å². The van der Waals surface area contributed by atoms with Crippen molar-refractivity contribution < 1.29 is 15.3 Å². The Morgan fingerprint density at radius 1 is 1.21 bits per heavy atom. The predicted octanol–water partition coefficient (Wildman–Crippen LogP) is 5.86. The average molecular weight is 526 g/mol. The summed E-state index contributed by atoms with van der Waals surface area (Å²) in [5, 5.41) is 36.4. The van der Waals surface area contributed by atoms with Crippen molar-refractivity contribution in [2.45, 2.75) is 117 Å². The molecular weight excluding hydrogens is 474 g/mol. The SMILES string of the molecule is C=C1/C(=C\C=C2\CCC[C@]3(C)[C@@H]([C@H](C)CC[C@H](C)C(C)(C)O)CC[C@@H]23)C[C@@H](O)[C@H](CCn2cncn2)[C@@H]1O. The Balaban J connectivity index is 1.41. The van der Waals surface area contributed by atoms with Crippen LogP contribution in [0.2, 0.25) is 0 Å². The largest absolute Gasteiger partial charge is 0.392 e. The third-order valence-electron chi connectivity index (χ3n) is 10.7. The lowest BCUT2D eigenvalue weighted by Crippen LogP contribution is -2.39. The van der Waals surface area contributed by atoms with E-state index in [1.807, 2.05) is 13.8 Å². The van der Waals surface area contributed by atoms with Crippen LogP contribution in [0.5, 0.6) is 0 Å². The van der Waals surface area contributed by atoms with Crippen LogP contribution in [-0.2, 0) is 6.54 Å². The van der Waals surface area contributed by atoms with E-state index in [0.29, 0.717) is 42.6 Å². The van der Waals surface area contributed by atoms with Gasteiger partial charge in [0.25, 0.3) is 0 Å². The summed E-state index contributed by atoms with van der Waals surface area (Å²) < 4.78 is 1.74. The van der Waals surface area contributed by atoms with Crippen LogP contribution in [0.1, 0.15) is 92.4 Å². The first-order valence-electron chi connectivity index (χ1n) is 14.9. The van der Waals surface area contributed by atoms with Gasteiger partial charge in [-0.05, 0) is 105 Å². The molecule has 0 aliphatic heterocycles. The molecule has 3 saturated carbocycles. The van der Waals surface area contributed by atoms with E-state index in [1.165, 1.54) is 44.0 Å². The summed E-state index contributed by atoms with van der Waals surface area (Å²) in [5.74, 6) is 2.04. The quantitative estimate of drug-likeness (QED) is 0.376. The van der Waals surface area contributed by atoms with Gasteiger partial charge < -0.3 is 15.3 Å². The van der Waals surface area contributed by atoms with E-state index in [9.17, 15) is 15.3 Å². The molecule has 3 aliphatic rings. The van der Waals surface area contributed by atoms with Crippen LogP contribution in [0.15, 0.2) is 48.1 Å². The Morgan fingerprint density at radius 3 is 2.66 bits per heavy atom. The summed E-state index contributed by atoms with van der Waals surface area (Å²) in [6, 6.07) is 0. The van der Waals surface area contributed by atoms with Crippen LogP contribution in [0.4, 0.5) is 0 Å². The first-order valence-corrected chi connectivity index (χ1v) is 14.9. The number of aliphatic hydroxyl groups excluding tert-OH is 2. The second kappa shape index (κ2) is 11.8. The first kappa shape index (κ1) is 29.2. The van der Waals surface area contributed by atoms with Gasteiger partial charge in [0.05, 0.1) is 17.8 Å². The minimum atomic E-state index is -0.744. The maximum Gasteiger partial charge on any atom is 0.137 e. The van der Waals surface area contributed by atoms with Gasteiger partial charge in [0.2, 0.25) is 0 Å². The summed E-state index contributed by atoms with van der Waals surface area (Å²) in [6.45, 7) is 15.8. The molecule has 8 atom stereocenters. The number of fused-ring (bicyclic) bond motifs is 1. The summed E-state index contributed by atoms with van der Waals surface area (Å²) in [6.07, 6.45) is 15.9. The normalized spacial score (nSPS) is 36.0. The van der Waals surface area contributed by atoms with Gasteiger partial charge in [0, 0.05) is 12.5 Å². The van der Waals surface area contributed by atoms with Crippen molar-refractivity contribution in [1.82, 2.24) is 14.8 Å². The second-order valence-corrected chi connectivity index (χ2v) is 13.5. The minimum absolute atomic E-state index is 0.245. The molecule has 0 amide bonds. The maximum absolute atomic E-state index is 11.0. The summed E-state index contributed by atoms with van der Waals surface area (Å²) >= 11 is 0. The predicted molar refractivity (Wildman–Crippen MR) is 152 cm³/mol. The monoisotopic (exact) mass is 525 g/mol. The fourth-order valence-corrected chi connectivity index (χ4v) is 7.81. The molecule has 1 aromatic heterocycles. The topological polar surface area (TPSA) is 91.4 Å². The molecular formula is C32H51N3O3. The van der Waals surface area contributed by atoms with Crippen molar-refractivity contribution in [3.8, 4) is 0 Å². The van der Waals surface area contributed by atoms with Crippen molar-refractivity contribution in [2.75, 3.05) is 0 Å². The molecule has 0 unspecified atom stereocenters. The van der Waals surface area contributed by atoms with Gasteiger partial charge in [-0.1, -0.05) is 51.5 Å². The number of nitrogens with zero attached hydrogens (tertiary/aromatic N) is 3. The Kier molecular flexibility index (Phi) is 9.06. The van der Waals surface area contributed by atoms with E-state index in [1.54, 1.807) is 11.0 Å². The Hall–Kier alpha value is -1.76. The molecule has 0 bridgehead atoms.